The monoisotopic (exact) mass is 334 g/mol. The molecule has 0 aliphatic rings. The van der Waals surface area contributed by atoms with Gasteiger partial charge in [-0.3, -0.25) is 4.79 Å². The van der Waals surface area contributed by atoms with Crippen LogP contribution in [-0.4, -0.2) is 21.9 Å². The molecule has 0 aliphatic carbocycles. The summed E-state index contributed by atoms with van der Waals surface area (Å²) in [6, 6.07) is 4.79. The summed E-state index contributed by atoms with van der Waals surface area (Å²) in [7, 11) is 0. The first-order chi connectivity index (χ1) is 9.86. The molecule has 10 heteroatoms. The maximum Gasteiger partial charge on any atom is 0.418 e. The summed E-state index contributed by atoms with van der Waals surface area (Å²) >= 11 is 2.16. The van der Waals surface area contributed by atoms with Gasteiger partial charge in [0.05, 0.1) is 17.0 Å². The SMILES string of the molecule is Nc1nnc(SCC(=O)Nc2ccccc2C(F)(F)F)s1. The number of hydrogen-bond donors (Lipinski definition) is 2. The Balaban J connectivity index is 2.00. The molecule has 1 heterocycles. The van der Waals surface area contributed by atoms with E-state index in [-0.39, 0.29) is 16.6 Å². The Hall–Kier alpha value is -1.81. The minimum absolute atomic E-state index is 0.0825. The number of carbonyl (C=O) groups excluding carboxylic acids is 1. The number of alkyl halides is 3. The predicted molar refractivity (Wildman–Crippen MR) is 75.1 cm³/mol. The van der Waals surface area contributed by atoms with Crippen molar-refractivity contribution in [3.8, 4) is 0 Å². The van der Waals surface area contributed by atoms with Crippen LogP contribution in [0.15, 0.2) is 28.6 Å². The zero-order chi connectivity index (χ0) is 15.5. The maximum absolute atomic E-state index is 12.8. The van der Waals surface area contributed by atoms with E-state index in [2.05, 4.69) is 15.5 Å². The van der Waals surface area contributed by atoms with E-state index in [4.69, 9.17) is 5.73 Å². The molecule has 1 amide bonds. The van der Waals surface area contributed by atoms with Gasteiger partial charge in [0.25, 0.3) is 0 Å². The van der Waals surface area contributed by atoms with Gasteiger partial charge in [0.1, 0.15) is 0 Å². The lowest BCUT2D eigenvalue weighted by atomic mass is 10.1. The number of benzene rings is 1. The summed E-state index contributed by atoms with van der Waals surface area (Å²) in [6.45, 7) is 0. The number of amides is 1. The number of anilines is 2. The third-order valence-electron chi connectivity index (χ3n) is 2.26. The molecule has 2 aromatic rings. The second-order valence-corrected chi connectivity index (χ2v) is 6.02. The van der Waals surface area contributed by atoms with Crippen molar-refractivity contribution in [3.63, 3.8) is 0 Å². The Kier molecular flexibility index (Phi) is 4.68. The number of aromatic nitrogens is 2. The standard InChI is InChI=1S/C11H9F3N4OS2/c12-11(13,14)6-3-1-2-4-7(6)16-8(19)5-20-10-18-17-9(15)21-10/h1-4H,5H2,(H2,15,17)(H,16,19). The molecule has 1 aromatic carbocycles. The van der Waals surface area contributed by atoms with Gasteiger partial charge in [0.15, 0.2) is 4.34 Å². The molecule has 0 unspecified atom stereocenters. The number of nitrogens with one attached hydrogen (secondary N) is 1. The van der Waals surface area contributed by atoms with Gasteiger partial charge in [-0.25, -0.2) is 0 Å². The number of nitrogen functional groups attached to an aromatic ring is 1. The summed E-state index contributed by atoms with van der Waals surface area (Å²) in [5, 5.41) is 9.77. The summed E-state index contributed by atoms with van der Waals surface area (Å²) in [5.41, 5.74) is 4.23. The zero-order valence-corrected chi connectivity index (χ0v) is 12.0. The van der Waals surface area contributed by atoms with E-state index in [1.807, 2.05) is 0 Å². The Morgan fingerprint density at radius 3 is 2.67 bits per heavy atom. The largest absolute Gasteiger partial charge is 0.418 e. The molecule has 0 spiro atoms. The first-order valence-corrected chi connectivity index (χ1v) is 7.34. The van der Waals surface area contributed by atoms with Crippen LogP contribution in [0.5, 0.6) is 0 Å². The molecule has 21 heavy (non-hydrogen) atoms. The van der Waals surface area contributed by atoms with Gasteiger partial charge in [-0.1, -0.05) is 35.2 Å². The van der Waals surface area contributed by atoms with Crippen LogP contribution < -0.4 is 11.1 Å². The molecule has 2 rings (SSSR count). The summed E-state index contributed by atoms with van der Waals surface area (Å²) in [4.78, 5) is 11.7. The van der Waals surface area contributed by atoms with E-state index in [0.29, 0.717) is 4.34 Å². The Bertz CT molecular complexity index is 644. The van der Waals surface area contributed by atoms with Crippen molar-refractivity contribution >= 4 is 39.8 Å². The van der Waals surface area contributed by atoms with E-state index in [0.717, 1.165) is 29.2 Å². The third kappa shape index (κ3) is 4.33. The fourth-order valence-corrected chi connectivity index (χ4v) is 2.87. The minimum Gasteiger partial charge on any atom is -0.374 e. The second kappa shape index (κ2) is 6.31. The highest BCUT2D eigenvalue weighted by Crippen LogP contribution is 2.34. The number of hydrogen-bond acceptors (Lipinski definition) is 6. The number of rotatable bonds is 4. The molecule has 5 nitrogen and oxygen atoms in total. The van der Waals surface area contributed by atoms with Crippen LogP contribution in [0, 0.1) is 0 Å². The van der Waals surface area contributed by atoms with Gasteiger partial charge in [-0.15, -0.1) is 10.2 Å². The molecule has 0 bridgehead atoms. The maximum atomic E-state index is 12.8. The van der Waals surface area contributed by atoms with E-state index < -0.39 is 17.6 Å². The number of nitrogens with two attached hydrogens (primary N) is 1. The van der Waals surface area contributed by atoms with Crippen molar-refractivity contribution in [3.05, 3.63) is 29.8 Å². The molecule has 0 radical (unpaired) electrons. The zero-order valence-electron chi connectivity index (χ0n) is 10.3. The first-order valence-electron chi connectivity index (χ1n) is 5.54. The van der Waals surface area contributed by atoms with Gasteiger partial charge in [0, 0.05) is 0 Å². The van der Waals surface area contributed by atoms with Crippen molar-refractivity contribution < 1.29 is 18.0 Å². The topological polar surface area (TPSA) is 80.9 Å². The molecule has 3 N–H and O–H groups in total. The normalized spacial score (nSPS) is 11.4. The molecule has 0 atom stereocenters. The fraction of sp³-hybridized carbons (Fsp3) is 0.182. The fourth-order valence-electron chi connectivity index (χ4n) is 1.43. The molecular formula is C11H9F3N4OS2. The summed E-state index contributed by atoms with van der Waals surface area (Å²) in [5.74, 6) is -0.647. The van der Waals surface area contributed by atoms with Crippen molar-refractivity contribution in [2.24, 2.45) is 0 Å². The quantitative estimate of drug-likeness (QED) is 0.840. The van der Waals surface area contributed by atoms with Crippen LogP contribution in [0.25, 0.3) is 0 Å². The Morgan fingerprint density at radius 1 is 1.33 bits per heavy atom. The second-order valence-electron chi connectivity index (χ2n) is 3.79. The van der Waals surface area contributed by atoms with Crippen LogP contribution >= 0.6 is 23.1 Å². The Morgan fingerprint density at radius 2 is 2.05 bits per heavy atom. The smallest absolute Gasteiger partial charge is 0.374 e. The van der Waals surface area contributed by atoms with Gasteiger partial charge in [0.2, 0.25) is 11.0 Å². The lowest BCUT2D eigenvalue weighted by Gasteiger charge is -2.13. The summed E-state index contributed by atoms with van der Waals surface area (Å²) in [6.07, 6.45) is -4.52. The number of carbonyl (C=O) groups is 1. The average Bonchev–Trinajstić information content (AvgIpc) is 2.82. The van der Waals surface area contributed by atoms with E-state index in [1.54, 1.807) is 0 Å². The van der Waals surface area contributed by atoms with Crippen LogP contribution in [0.4, 0.5) is 24.0 Å². The Labute approximate surface area is 125 Å². The number of halogens is 3. The molecule has 0 saturated carbocycles. The number of para-hydroxylation sites is 1. The minimum atomic E-state index is -4.52. The highest BCUT2D eigenvalue weighted by molar-refractivity contribution is 8.01. The lowest BCUT2D eigenvalue weighted by molar-refractivity contribution is -0.137. The van der Waals surface area contributed by atoms with Gasteiger partial charge in [-0.2, -0.15) is 13.2 Å². The van der Waals surface area contributed by atoms with Gasteiger partial charge < -0.3 is 11.1 Å². The highest BCUT2D eigenvalue weighted by atomic mass is 32.2. The molecule has 0 saturated heterocycles. The van der Waals surface area contributed by atoms with E-state index >= 15 is 0 Å². The lowest BCUT2D eigenvalue weighted by Crippen LogP contribution is -2.18. The van der Waals surface area contributed by atoms with Gasteiger partial charge in [-0.05, 0) is 12.1 Å². The van der Waals surface area contributed by atoms with Crippen LogP contribution in [0.2, 0.25) is 0 Å². The third-order valence-corrected chi connectivity index (χ3v) is 4.14. The molecule has 112 valence electrons. The number of nitrogens with zero attached hydrogens (tertiary/aromatic N) is 2. The van der Waals surface area contributed by atoms with Crippen LogP contribution in [-0.2, 0) is 11.0 Å². The molecular weight excluding hydrogens is 325 g/mol. The van der Waals surface area contributed by atoms with Crippen molar-refractivity contribution in [2.75, 3.05) is 16.8 Å². The van der Waals surface area contributed by atoms with E-state index in [9.17, 15) is 18.0 Å². The number of thioether (sulfide) groups is 1. The summed E-state index contributed by atoms with van der Waals surface area (Å²) < 4.78 is 38.8. The van der Waals surface area contributed by atoms with Crippen LogP contribution in [0.3, 0.4) is 0 Å². The average molecular weight is 334 g/mol. The molecule has 0 aliphatic heterocycles. The highest BCUT2D eigenvalue weighted by Gasteiger charge is 2.33. The molecule has 1 aromatic heterocycles. The first kappa shape index (κ1) is 15.6. The van der Waals surface area contributed by atoms with Crippen LogP contribution in [0.1, 0.15) is 5.56 Å². The molecule has 0 fully saturated rings. The van der Waals surface area contributed by atoms with Crippen molar-refractivity contribution in [1.82, 2.24) is 10.2 Å². The van der Waals surface area contributed by atoms with Crippen molar-refractivity contribution in [2.45, 2.75) is 10.5 Å². The van der Waals surface area contributed by atoms with Crippen molar-refractivity contribution in [1.29, 1.82) is 0 Å². The van der Waals surface area contributed by atoms with Gasteiger partial charge >= 0.3 is 6.18 Å². The predicted octanol–water partition coefficient (Wildman–Crippen LogP) is 2.87. The van der Waals surface area contributed by atoms with E-state index in [1.165, 1.54) is 18.2 Å².